The van der Waals surface area contributed by atoms with Crippen LogP contribution >= 0.6 is 22.9 Å². The third kappa shape index (κ3) is 2.97. The summed E-state index contributed by atoms with van der Waals surface area (Å²) < 4.78 is 5.52. The first-order valence-corrected chi connectivity index (χ1v) is 4.84. The Balaban J connectivity index is 2.41. The quantitative estimate of drug-likeness (QED) is 0.821. The summed E-state index contributed by atoms with van der Waals surface area (Å²) in [5.41, 5.74) is 0. The minimum atomic E-state index is 0.258. The number of hydrogen-bond donors (Lipinski definition) is 1. The molecule has 3 nitrogen and oxygen atoms in total. The Bertz CT molecular complexity index is 241. The van der Waals surface area contributed by atoms with E-state index in [2.05, 4.69) is 10.3 Å². The van der Waals surface area contributed by atoms with Crippen molar-refractivity contribution in [1.29, 1.82) is 0 Å². The van der Waals surface area contributed by atoms with E-state index in [-0.39, 0.29) is 6.04 Å². The molecule has 1 heterocycles. The summed E-state index contributed by atoms with van der Waals surface area (Å²) >= 11 is 7.07. The van der Waals surface area contributed by atoms with Gasteiger partial charge < -0.3 is 10.1 Å². The second-order valence-corrected chi connectivity index (χ2v) is 3.93. The molecular formula is C7H11ClN2OS. The van der Waals surface area contributed by atoms with E-state index >= 15 is 0 Å². The zero-order chi connectivity index (χ0) is 8.97. The lowest BCUT2D eigenvalue weighted by Crippen LogP contribution is -2.20. The molecule has 1 atom stereocenters. The van der Waals surface area contributed by atoms with Crippen LogP contribution in [-0.2, 0) is 4.74 Å². The highest BCUT2D eigenvalue weighted by molar-refractivity contribution is 7.14. The van der Waals surface area contributed by atoms with Crippen LogP contribution in [0.3, 0.4) is 0 Å². The molecule has 0 spiro atoms. The molecule has 0 amide bonds. The van der Waals surface area contributed by atoms with E-state index in [9.17, 15) is 0 Å². The molecule has 0 saturated carbocycles. The number of anilines is 1. The number of thiazole rings is 1. The summed E-state index contributed by atoms with van der Waals surface area (Å²) in [6.07, 6.45) is 0. The fraction of sp³-hybridized carbons (Fsp3) is 0.571. The van der Waals surface area contributed by atoms with Crippen molar-refractivity contribution in [3.05, 3.63) is 9.85 Å². The smallest absolute Gasteiger partial charge is 0.185 e. The van der Waals surface area contributed by atoms with E-state index in [0.29, 0.717) is 11.1 Å². The van der Waals surface area contributed by atoms with Crippen molar-refractivity contribution < 1.29 is 4.74 Å². The van der Waals surface area contributed by atoms with E-state index < -0.39 is 0 Å². The van der Waals surface area contributed by atoms with Gasteiger partial charge in [-0.25, -0.2) is 4.98 Å². The van der Waals surface area contributed by atoms with Crippen LogP contribution in [-0.4, -0.2) is 24.7 Å². The Morgan fingerprint density at radius 3 is 3.08 bits per heavy atom. The fourth-order valence-corrected chi connectivity index (χ4v) is 1.57. The maximum atomic E-state index is 5.66. The maximum absolute atomic E-state index is 5.66. The van der Waals surface area contributed by atoms with Gasteiger partial charge in [-0.3, -0.25) is 0 Å². The summed E-state index contributed by atoms with van der Waals surface area (Å²) in [5.74, 6) is 0.814. The number of halogens is 1. The lowest BCUT2D eigenvalue weighted by Gasteiger charge is -2.10. The number of ether oxygens (including phenoxy) is 1. The van der Waals surface area contributed by atoms with Crippen molar-refractivity contribution in [1.82, 2.24) is 4.98 Å². The molecule has 5 heteroatoms. The van der Waals surface area contributed by atoms with Crippen LogP contribution in [0, 0.1) is 0 Å². The Hall–Kier alpha value is -0.320. The number of methoxy groups -OCH3 is 1. The summed E-state index contributed by atoms with van der Waals surface area (Å²) in [5, 5.41) is 5.04. The molecule has 0 bridgehead atoms. The van der Waals surface area contributed by atoms with Crippen molar-refractivity contribution >= 4 is 28.8 Å². The first-order chi connectivity index (χ1) is 5.72. The molecule has 68 valence electrons. The van der Waals surface area contributed by atoms with Crippen molar-refractivity contribution in [2.45, 2.75) is 13.0 Å². The average molecular weight is 207 g/mol. The Morgan fingerprint density at radius 1 is 1.83 bits per heavy atom. The Labute approximate surface area is 80.7 Å². The highest BCUT2D eigenvalue weighted by atomic mass is 35.5. The highest BCUT2D eigenvalue weighted by Crippen LogP contribution is 2.18. The van der Waals surface area contributed by atoms with Crippen LogP contribution in [0.4, 0.5) is 5.82 Å². The van der Waals surface area contributed by atoms with E-state index in [1.807, 2.05) is 12.3 Å². The van der Waals surface area contributed by atoms with E-state index in [1.165, 1.54) is 11.3 Å². The minimum Gasteiger partial charge on any atom is -0.383 e. The van der Waals surface area contributed by atoms with Gasteiger partial charge in [-0.1, -0.05) is 11.6 Å². The first kappa shape index (κ1) is 9.77. The molecule has 1 N–H and O–H groups in total. The number of nitrogens with one attached hydrogen (secondary N) is 1. The molecule has 1 aromatic heterocycles. The van der Waals surface area contributed by atoms with Gasteiger partial charge in [0.1, 0.15) is 5.82 Å². The highest BCUT2D eigenvalue weighted by Gasteiger charge is 2.03. The summed E-state index contributed by atoms with van der Waals surface area (Å²) in [6, 6.07) is 0.258. The predicted molar refractivity (Wildman–Crippen MR) is 52.1 cm³/mol. The van der Waals surface area contributed by atoms with Crippen LogP contribution in [0.5, 0.6) is 0 Å². The van der Waals surface area contributed by atoms with Crippen LogP contribution in [0.2, 0.25) is 4.47 Å². The van der Waals surface area contributed by atoms with Crippen LogP contribution < -0.4 is 5.32 Å². The SMILES string of the molecule is COCC(C)Nc1csc(Cl)n1. The zero-order valence-corrected chi connectivity index (χ0v) is 8.58. The second-order valence-electron chi connectivity index (χ2n) is 2.49. The summed E-state index contributed by atoms with van der Waals surface area (Å²) in [6.45, 7) is 2.69. The van der Waals surface area contributed by atoms with E-state index in [1.54, 1.807) is 7.11 Å². The maximum Gasteiger partial charge on any atom is 0.185 e. The third-order valence-corrected chi connectivity index (χ3v) is 2.27. The molecule has 0 aliphatic carbocycles. The molecule has 0 aliphatic rings. The Morgan fingerprint density at radius 2 is 2.58 bits per heavy atom. The van der Waals surface area contributed by atoms with Gasteiger partial charge in [0.05, 0.1) is 6.61 Å². The van der Waals surface area contributed by atoms with Gasteiger partial charge in [0.15, 0.2) is 4.47 Å². The molecule has 1 aromatic rings. The molecule has 1 unspecified atom stereocenters. The minimum absolute atomic E-state index is 0.258. The number of nitrogens with zero attached hydrogens (tertiary/aromatic N) is 1. The van der Waals surface area contributed by atoms with Gasteiger partial charge in [0.25, 0.3) is 0 Å². The molecule has 0 aliphatic heterocycles. The summed E-state index contributed by atoms with van der Waals surface area (Å²) in [7, 11) is 1.67. The standard InChI is InChI=1S/C7H11ClN2OS/c1-5(3-11-2)9-6-4-12-7(8)10-6/h4-5,9H,3H2,1-2H3. The zero-order valence-electron chi connectivity index (χ0n) is 7.00. The fourth-order valence-electron chi connectivity index (χ4n) is 0.862. The largest absolute Gasteiger partial charge is 0.383 e. The molecule has 0 radical (unpaired) electrons. The van der Waals surface area contributed by atoms with Crippen molar-refractivity contribution in [2.24, 2.45) is 0 Å². The van der Waals surface area contributed by atoms with Gasteiger partial charge in [-0.15, -0.1) is 11.3 Å². The monoisotopic (exact) mass is 206 g/mol. The van der Waals surface area contributed by atoms with Gasteiger partial charge in [-0.05, 0) is 6.92 Å². The number of hydrogen-bond acceptors (Lipinski definition) is 4. The van der Waals surface area contributed by atoms with Crippen LogP contribution in [0.1, 0.15) is 6.92 Å². The molecule has 0 aromatic carbocycles. The number of rotatable bonds is 4. The molecule has 0 fully saturated rings. The van der Waals surface area contributed by atoms with Gasteiger partial charge in [0.2, 0.25) is 0 Å². The van der Waals surface area contributed by atoms with E-state index in [0.717, 1.165) is 5.82 Å². The normalized spacial score (nSPS) is 12.9. The van der Waals surface area contributed by atoms with Gasteiger partial charge >= 0.3 is 0 Å². The molecular weight excluding hydrogens is 196 g/mol. The van der Waals surface area contributed by atoms with Crippen molar-refractivity contribution in [3.63, 3.8) is 0 Å². The Kier molecular flexibility index (Phi) is 3.78. The summed E-state index contributed by atoms with van der Waals surface area (Å²) in [4.78, 5) is 4.05. The second kappa shape index (κ2) is 4.64. The van der Waals surface area contributed by atoms with E-state index in [4.69, 9.17) is 16.3 Å². The topological polar surface area (TPSA) is 34.1 Å². The molecule has 0 saturated heterocycles. The molecule has 12 heavy (non-hydrogen) atoms. The number of aromatic nitrogens is 1. The van der Waals surface area contributed by atoms with Crippen molar-refractivity contribution in [3.8, 4) is 0 Å². The van der Waals surface area contributed by atoms with Gasteiger partial charge in [-0.2, -0.15) is 0 Å². The average Bonchev–Trinajstić information content (AvgIpc) is 2.36. The lowest BCUT2D eigenvalue weighted by molar-refractivity contribution is 0.190. The first-order valence-electron chi connectivity index (χ1n) is 3.59. The van der Waals surface area contributed by atoms with Crippen LogP contribution in [0.15, 0.2) is 5.38 Å². The lowest BCUT2D eigenvalue weighted by atomic mass is 10.4. The van der Waals surface area contributed by atoms with Gasteiger partial charge in [0, 0.05) is 18.5 Å². The third-order valence-electron chi connectivity index (χ3n) is 1.29. The van der Waals surface area contributed by atoms with Crippen molar-refractivity contribution in [2.75, 3.05) is 19.0 Å². The molecule has 1 rings (SSSR count). The predicted octanol–water partition coefficient (Wildman–Crippen LogP) is 2.24. The van der Waals surface area contributed by atoms with Crippen LogP contribution in [0.25, 0.3) is 0 Å².